The highest BCUT2D eigenvalue weighted by Gasteiger charge is 2.40. The van der Waals surface area contributed by atoms with Gasteiger partial charge in [-0.3, -0.25) is 9.59 Å². The zero-order valence-electron chi connectivity index (χ0n) is 23.3. The number of hydrogen-bond acceptors (Lipinski definition) is 7. The summed E-state index contributed by atoms with van der Waals surface area (Å²) in [6, 6.07) is 5.65. The van der Waals surface area contributed by atoms with Crippen LogP contribution in [0.4, 0.5) is 4.39 Å². The van der Waals surface area contributed by atoms with Gasteiger partial charge >= 0.3 is 15.0 Å². The van der Waals surface area contributed by atoms with E-state index in [2.05, 4.69) is 10.6 Å². The number of pyridine rings is 1. The monoisotopic (exact) mass is 590 g/mol. The van der Waals surface area contributed by atoms with Crippen molar-refractivity contribution in [2.45, 2.75) is 76.2 Å². The molecular weight excluding hydrogens is 555 g/mol. The third kappa shape index (κ3) is 6.52. The van der Waals surface area contributed by atoms with Crippen LogP contribution in [0.2, 0.25) is 0 Å². The Hall–Kier alpha value is -3.55. The lowest BCUT2D eigenvalue weighted by Crippen LogP contribution is -2.54. The second-order valence-electron chi connectivity index (χ2n) is 10.9. The van der Waals surface area contributed by atoms with E-state index in [0.29, 0.717) is 23.0 Å². The first-order valence-electron chi connectivity index (χ1n) is 13.5. The van der Waals surface area contributed by atoms with Crippen LogP contribution in [0.15, 0.2) is 52.0 Å². The minimum atomic E-state index is -4.23. The van der Waals surface area contributed by atoms with Crippen LogP contribution in [0.25, 0.3) is 11.0 Å². The van der Waals surface area contributed by atoms with Gasteiger partial charge in [0.1, 0.15) is 17.4 Å². The number of aliphatic hydroxyl groups excluding tert-OH is 1. The van der Waals surface area contributed by atoms with Gasteiger partial charge in [0.15, 0.2) is 12.0 Å². The Morgan fingerprint density at radius 1 is 1.24 bits per heavy atom. The summed E-state index contributed by atoms with van der Waals surface area (Å²) >= 11 is 0. The van der Waals surface area contributed by atoms with Crippen molar-refractivity contribution in [3.63, 3.8) is 0 Å². The molecule has 0 spiro atoms. The maximum absolute atomic E-state index is 13.7. The average molecular weight is 591 g/mol. The lowest BCUT2D eigenvalue weighted by atomic mass is 10.0. The van der Waals surface area contributed by atoms with Crippen LogP contribution in [-0.4, -0.2) is 60.4 Å². The fraction of sp³-hybridized carbons (Fsp3) is 0.464. The molecule has 0 unspecified atom stereocenters. The Bertz CT molecular complexity index is 1540. The number of sulfonamides is 1. The van der Waals surface area contributed by atoms with Crippen LogP contribution in [-0.2, 0) is 14.8 Å². The number of fused-ring (bicyclic) bond motifs is 1. The van der Waals surface area contributed by atoms with E-state index in [4.69, 9.17) is 4.42 Å². The zero-order valence-corrected chi connectivity index (χ0v) is 24.2. The summed E-state index contributed by atoms with van der Waals surface area (Å²) in [5, 5.41) is 28.7. The number of aliphatic hydroxyl groups is 1. The Kier molecular flexibility index (Phi) is 9.00. The number of nitrogens with zero attached hydrogens (tertiary/aromatic N) is 2. The number of β-amino-alcohol motifs (C(OH)–C–C–N with tert-alkyl or cyclic N) is 1. The number of nitrogens with one attached hydrogen (secondary N) is 2. The molecule has 0 bridgehead atoms. The number of carbonyl (C=O) groups excluding carboxylic acids is 2. The Morgan fingerprint density at radius 3 is 2.66 bits per heavy atom. The topological polar surface area (TPSA) is 156 Å². The van der Waals surface area contributed by atoms with Gasteiger partial charge in [-0.2, -0.15) is 9.04 Å². The minimum absolute atomic E-state index is 0.0151. The van der Waals surface area contributed by atoms with Crippen molar-refractivity contribution in [1.82, 2.24) is 14.9 Å². The van der Waals surface area contributed by atoms with E-state index in [1.54, 1.807) is 13.8 Å². The molecule has 0 aliphatic carbocycles. The number of carbonyl (C=O) groups is 2. The van der Waals surface area contributed by atoms with Gasteiger partial charge in [0.2, 0.25) is 5.91 Å². The second-order valence-corrected chi connectivity index (χ2v) is 12.7. The molecule has 222 valence electrons. The van der Waals surface area contributed by atoms with Crippen LogP contribution in [0.3, 0.4) is 0 Å². The molecule has 0 radical (unpaired) electrons. The molecule has 1 aliphatic heterocycles. The van der Waals surface area contributed by atoms with Crippen molar-refractivity contribution in [3.05, 3.63) is 64.9 Å². The summed E-state index contributed by atoms with van der Waals surface area (Å²) in [6.45, 7) is 6.75. The molecule has 3 N–H and O–H groups in total. The molecule has 3 heterocycles. The van der Waals surface area contributed by atoms with E-state index < -0.39 is 56.9 Å². The van der Waals surface area contributed by atoms with E-state index >= 15 is 0 Å². The lowest BCUT2D eigenvalue weighted by Gasteiger charge is -2.28. The number of hydrogen-bond donors (Lipinski definition) is 3. The van der Waals surface area contributed by atoms with Gasteiger partial charge in [-0.05, 0) is 63.3 Å². The predicted molar refractivity (Wildman–Crippen MR) is 148 cm³/mol. The molecule has 11 nitrogen and oxygen atoms in total. The van der Waals surface area contributed by atoms with Gasteiger partial charge in [0.05, 0.1) is 12.1 Å². The van der Waals surface area contributed by atoms with Gasteiger partial charge in [-0.1, -0.05) is 13.8 Å². The summed E-state index contributed by atoms with van der Waals surface area (Å²) in [5.74, 6) is -1.67. The van der Waals surface area contributed by atoms with Gasteiger partial charge in [0.25, 0.3) is 5.91 Å². The number of benzene rings is 1. The first-order chi connectivity index (χ1) is 19.3. The average Bonchev–Trinajstić information content (AvgIpc) is 3.16. The number of furan rings is 1. The molecular formula is C28H35FN4O7S. The highest BCUT2D eigenvalue weighted by atomic mass is 32.2. The van der Waals surface area contributed by atoms with E-state index in [9.17, 15) is 32.7 Å². The van der Waals surface area contributed by atoms with Gasteiger partial charge in [-0.25, -0.2) is 12.8 Å². The molecule has 13 heteroatoms. The molecule has 1 fully saturated rings. The van der Waals surface area contributed by atoms with Crippen molar-refractivity contribution in [2.75, 3.05) is 6.54 Å². The van der Waals surface area contributed by atoms with Gasteiger partial charge in [0, 0.05) is 35.7 Å². The summed E-state index contributed by atoms with van der Waals surface area (Å²) < 4.78 is 47.3. The first kappa shape index (κ1) is 30.4. The number of halogens is 1. The Morgan fingerprint density at radius 2 is 1.98 bits per heavy atom. The number of rotatable bonds is 8. The standard InChI is InChI=1S/C28H35FN4O7S/c1-16(2)13-22(31-28(36)26-18(4)20-14-19(29)9-11-24(20)40-26)27(35)30-21-10-8-17(3)33(15-23(21)34)41(38,39)25-7-5-6-12-32(25)37/h5-7,9,11-12,14,16-17,21-23,34H,8,10,13,15H2,1-4H3,(H,30,35)(H,31,36)/t17-,21+,22+,23+/m1/s1. The Balaban J connectivity index is 1.50. The van der Waals surface area contributed by atoms with Crippen molar-refractivity contribution in [1.29, 1.82) is 0 Å². The smallest absolute Gasteiger partial charge is 0.323 e. The van der Waals surface area contributed by atoms with Crippen LogP contribution in [0, 0.1) is 23.9 Å². The molecule has 2 amide bonds. The third-order valence-corrected chi connectivity index (χ3v) is 9.31. The van der Waals surface area contributed by atoms with Crippen LogP contribution in [0.5, 0.6) is 0 Å². The van der Waals surface area contributed by atoms with Crippen molar-refractivity contribution in [3.8, 4) is 0 Å². The van der Waals surface area contributed by atoms with Gasteiger partial charge in [-0.15, -0.1) is 0 Å². The fourth-order valence-corrected chi connectivity index (χ4v) is 6.81. The molecule has 41 heavy (non-hydrogen) atoms. The molecule has 1 saturated heterocycles. The minimum Gasteiger partial charge on any atom is -0.618 e. The van der Waals surface area contributed by atoms with Crippen molar-refractivity contribution >= 4 is 32.8 Å². The molecule has 4 rings (SSSR count). The summed E-state index contributed by atoms with van der Waals surface area (Å²) in [7, 11) is -4.23. The normalized spacial score (nSPS) is 21.0. The molecule has 0 saturated carbocycles. The Labute approximate surface area is 238 Å². The largest absolute Gasteiger partial charge is 0.618 e. The van der Waals surface area contributed by atoms with E-state index in [-0.39, 0.29) is 35.8 Å². The van der Waals surface area contributed by atoms with Crippen LogP contribution >= 0.6 is 0 Å². The zero-order chi connectivity index (χ0) is 30.1. The lowest BCUT2D eigenvalue weighted by molar-refractivity contribution is -0.646. The maximum Gasteiger partial charge on any atom is 0.323 e. The highest BCUT2D eigenvalue weighted by Crippen LogP contribution is 2.27. The van der Waals surface area contributed by atoms with Crippen LogP contribution < -0.4 is 15.4 Å². The SMILES string of the molecule is Cc1c(C(=O)N[C@@H](CC(C)C)C(=O)N[C@H]2CC[C@@H](C)N(S(=O)(=O)c3cccc[n+]3[O-])C[C@@H]2O)oc2ccc(F)cc12. The summed E-state index contributed by atoms with van der Waals surface area (Å²) in [5.41, 5.74) is 0.778. The number of amides is 2. The molecule has 1 aliphatic rings. The number of aromatic nitrogens is 1. The quantitative estimate of drug-likeness (QED) is 0.269. The molecule has 1 aromatic carbocycles. The van der Waals surface area contributed by atoms with Crippen molar-refractivity contribution < 1.29 is 36.7 Å². The maximum atomic E-state index is 13.7. The van der Waals surface area contributed by atoms with Crippen molar-refractivity contribution in [2.24, 2.45) is 5.92 Å². The second kappa shape index (κ2) is 12.1. The van der Waals surface area contributed by atoms with Gasteiger partial charge < -0.3 is 25.4 Å². The molecule has 4 atom stereocenters. The third-order valence-electron chi connectivity index (χ3n) is 7.34. The molecule has 2 aromatic heterocycles. The highest BCUT2D eigenvalue weighted by molar-refractivity contribution is 7.89. The number of aryl methyl sites for hydroxylation is 1. The van der Waals surface area contributed by atoms with E-state index in [1.807, 2.05) is 13.8 Å². The predicted octanol–water partition coefficient (Wildman–Crippen LogP) is 2.38. The molecule has 3 aromatic rings. The fourth-order valence-electron chi connectivity index (χ4n) is 5.10. The summed E-state index contributed by atoms with van der Waals surface area (Å²) in [4.78, 5) is 26.6. The van der Waals surface area contributed by atoms with E-state index in [0.717, 1.165) is 10.5 Å². The van der Waals surface area contributed by atoms with E-state index in [1.165, 1.54) is 36.4 Å². The summed E-state index contributed by atoms with van der Waals surface area (Å²) in [6.07, 6.45) is 0.669. The van der Waals surface area contributed by atoms with Crippen LogP contribution in [0.1, 0.15) is 56.2 Å². The first-order valence-corrected chi connectivity index (χ1v) is 14.9.